The van der Waals surface area contributed by atoms with E-state index in [1.54, 1.807) is 0 Å². The van der Waals surface area contributed by atoms with Crippen LogP contribution in [0.4, 0.5) is 17.1 Å². The second-order valence-corrected chi connectivity index (χ2v) is 6.71. The Bertz CT molecular complexity index is 923. The number of benzene rings is 4. The van der Waals surface area contributed by atoms with Crippen molar-refractivity contribution in [2.75, 3.05) is 4.90 Å². The van der Waals surface area contributed by atoms with E-state index >= 15 is 0 Å². The first kappa shape index (κ1) is 16.4. The lowest BCUT2D eigenvalue weighted by Crippen LogP contribution is -2.09. The van der Waals surface area contributed by atoms with Gasteiger partial charge >= 0.3 is 0 Å². The molecule has 3 radical (unpaired) electrons. The van der Waals surface area contributed by atoms with E-state index in [1.165, 1.54) is 11.1 Å². The van der Waals surface area contributed by atoms with Crippen LogP contribution in [0.15, 0.2) is 109 Å². The van der Waals surface area contributed by atoms with Gasteiger partial charge in [0.2, 0.25) is 0 Å². The maximum Gasteiger partial charge on any atom is 0.0711 e. The van der Waals surface area contributed by atoms with Crippen molar-refractivity contribution in [3.8, 4) is 11.1 Å². The molecule has 123 valence electrons. The largest absolute Gasteiger partial charge is 0.311 e. The quantitative estimate of drug-likeness (QED) is 0.433. The van der Waals surface area contributed by atoms with E-state index in [1.807, 2.05) is 12.1 Å². The topological polar surface area (TPSA) is 3.24 Å². The minimum absolute atomic E-state index is 1.09. The molecule has 1 nitrogen and oxygen atoms in total. The fraction of sp³-hybridized carbons (Fsp3) is 0. The summed E-state index contributed by atoms with van der Waals surface area (Å²) < 4.78 is 0. The van der Waals surface area contributed by atoms with E-state index < -0.39 is 0 Å². The number of para-hydroxylation sites is 2. The molecule has 4 aromatic rings. The normalized spacial score (nSPS) is 10.5. The van der Waals surface area contributed by atoms with Gasteiger partial charge in [-0.25, -0.2) is 0 Å². The summed E-state index contributed by atoms with van der Waals surface area (Å²) in [5.74, 6) is 0. The van der Waals surface area contributed by atoms with Crippen LogP contribution in [0.3, 0.4) is 0 Å². The molecule has 0 saturated carbocycles. The Kier molecular flexibility index (Phi) is 4.67. The standard InChI is InChI=1S/C24H18NSi/c26-24-17-13-20(14-18-24)19-11-15-23(16-12-19)25(21-7-3-1-4-8-21)22-9-5-2-6-10-22/h1-18H. The van der Waals surface area contributed by atoms with Crippen LogP contribution < -0.4 is 10.1 Å². The van der Waals surface area contributed by atoms with Gasteiger partial charge in [0.25, 0.3) is 0 Å². The molecule has 0 amide bonds. The molecular formula is C24H18NSi. The second kappa shape index (κ2) is 7.42. The Morgan fingerprint density at radius 2 is 0.808 bits per heavy atom. The summed E-state index contributed by atoms with van der Waals surface area (Å²) in [5, 5.41) is 1.09. The summed E-state index contributed by atoms with van der Waals surface area (Å²) in [4.78, 5) is 2.27. The van der Waals surface area contributed by atoms with Gasteiger partial charge < -0.3 is 4.90 Å². The zero-order chi connectivity index (χ0) is 17.8. The van der Waals surface area contributed by atoms with Crippen LogP contribution in [0.2, 0.25) is 0 Å². The first-order chi connectivity index (χ1) is 12.8. The first-order valence-electron chi connectivity index (χ1n) is 8.63. The third kappa shape index (κ3) is 3.46. The van der Waals surface area contributed by atoms with E-state index in [0.717, 1.165) is 22.2 Å². The van der Waals surface area contributed by atoms with Crippen molar-refractivity contribution >= 4 is 32.5 Å². The van der Waals surface area contributed by atoms with Crippen molar-refractivity contribution in [3.05, 3.63) is 109 Å². The summed E-state index contributed by atoms with van der Waals surface area (Å²) in [7, 11) is 3.54. The van der Waals surface area contributed by atoms with Crippen molar-refractivity contribution < 1.29 is 0 Å². The van der Waals surface area contributed by atoms with Crippen LogP contribution in [0.25, 0.3) is 11.1 Å². The van der Waals surface area contributed by atoms with Crippen molar-refractivity contribution in [1.82, 2.24) is 0 Å². The monoisotopic (exact) mass is 348 g/mol. The van der Waals surface area contributed by atoms with Gasteiger partial charge in [0, 0.05) is 17.1 Å². The van der Waals surface area contributed by atoms with Gasteiger partial charge in [-0.3, -0.25) is 0 Å². The number of hydrogen-bond donors (Lipinski definition) is 0. The third-order valence-corrected chi connectivity index (χ3v) is 4.71. The Morgan fingerprint density at radius 1 is 0.423 bits per heavy atom. The van der Waals surface area contributed by atoms with Gasteiger partial charge in [-0.1, -0.05) is 78.0 Å². The van der Waals surface area contributed by atoms with Crippen LogP contribution in [-0.2, 0) is 0 Å². The van der Waals surface area contributed by atoms with Crippen LogP contribution in [0.1, 0.15) is 0 Å². The van der Waals surface area contributed by atoms with E-state index in [2.05, 4.69) is 112 Å². The number of rotatable bonds is 4. The number of hydrogen-bond acceptors (Lipinski definition) is 1. The smallest absolute Gasteiger partial charge is 0.0711 e. The number of anilines is 3. The molecule has 0 fully saturated rings. The molecule has 4 rings (SSSR count). The number of nitrogens with zero attached hydrogens (tertiary/aromatic N) is 1. The van der Waals surface area contributed by atoms with Crippen LogP contribution >= 0.6 is 0 Å². The van der Waals surface area contributed by atoms with Crippen LogP contribution in [0, 0.1) is 0 Å². The molecule has 26 heavy (non-hydrogen) atoms. The van der Waals surface area contributed by atoms with E-state index in [9.17, 15) is 0 Å². The summed E-state index contributed by atoms with van der Waals surface area (Å²) in [6.45, 7) is 0. The molecule has 0 unspecified atom stereocenters. The summed E-state index contributed by atoms with van der Waals surface area (Å²) in [6.07, 6.45) is 0. The van der Waals surface area contributed by atoms with Gasteiger partial charge in [-0.05, 0) is 47.5 Å². The van der Waals surface area contributed by atoms with E-state index in [0.29, 0.717) is 0 Å². The van der Waals surface area contributed by atoms with Crippen LogP contribution in [-0.4, -0.2) is 10.2 Å². The molecular weight excluding hydrogens is 330 g/mol. The third-order valence-electron chi connectivity index (χ3n) is 4.37. The van der Waals surface area contributed by atoms with E-state index in [4.69, 9.17) is 0 Å². The van der Waals surface area contributed by atoms with Gasteiger partial charge in [-0.2, -0.15) is 0 Å². The molecule has 0 aromatic heterocycles. The van der Waals surface area contributed by atoms with Gasteiger partial charge in [0.15, 0.2) is 0 Å². The van der Waals surface area contributed by atoms with Crippen molar-refractivity contribution in [2.24, 2.45) is 0 Å². The Morgan fingerprint density at radius 3 is 1.27 bits per heavy atom. The fourth-order valence-electron chi connectivity index (χ4n) is 3.07. The van der Waals surface area contributed by atoms with Gasteiger partial charge in [-0.15, -0.1) is 0 Å². The molecule has 0 saturated heterocycles. The zero-order valence-corrected chi connectivity index (χ0v) is 15.3. The minimum atomic E-state index is 1.09. The van der Waals surface area contributed by atoms with Crippen molar-refractivity contribution in [3.63, 3.8) is 0 Å². The molecule has 0 bridgehead atoms. The lowest BCUT2D eigenvalue weighted by atomic mass is 10.0. The Hall–Kier alpha value is -3.10. The first-order valence-corrected chi connectivity index (χ1v) is 9.13. The average molecular weight is 349 g/mol. The molecule has 0 spiro atoms. The lowest BCUT2D eigenvalue weighted by molar-refractivity contribution is 1.28. The lowest BCUT2D eigenvalue weighted by Gasteiger charge is -2.25. The predicted molar refractivity (Wildman–Crippen MR) is 112 cm³/mol. The Balaban J connectivity index is 1.73. The molecule has 0 atom stereocenters. The van der Waals surface area contributed by atoms with Crippen molar-refractivity contribution in [2.45, 2.75) is 0 Å². The minimum Gasteiger partial charge on any atom is -0.311 e. The highest BCUT2D eigenvalue weighted by molar-refractivity contribution is 6.32. The maximum absolute atomic E-state index is 3.54. The fourth-order valence-corrected chi connectivity index (χ4v) is 3.23. The Labute approximate surface area is 158 Å². The summed E-state index contributed by atoms with van der Waals surface area (Å²) >= 11 is 0. The maximum atomic E-state index is 3.54. The average Bonchev–Trinajstić information content (AvgIpc) is 2.71. The highest BCUT2D eigenvalue weighted by Gasteiger charge is 2.11. The van der Waals surface area contributed by atoms with Gasteiger partial charge in [0.1, 0.15) is 0 Å². The van der Waals surface area contributed by atoms with Crippen LogP contribution in [0.5, 0.6) is 0 Å². The molecule has 0 aliphatic rings. The highest BCUT2D eigenvalue weighted by atomic mass is 28.1. The van der Waals surface area contributed by atoms with E-state index in [-0.39, 0.29) is 0 Å². The SMILES string of the molecule is [Si]c1ccc(-c2ccc(N(c3ccccc3)c3ccccc3)cc2)cc1. The van der Waals surface area contributed by atoms with Gasteiger partial charge in [0.05, 0.1) is 10.2 Å². The molecule has 0 heterocycles. The zero-order valence-electron chi connectivity index (χ0n) is 14.3. The molecule has 0 aliphatic heterocycles. The molecule has 0 N–H and O–H groups in total. The molecule has 0 aliphatic carbocycles. The van der Waals surface area contributed by atoms with Crippen molar-refractivity contribution in [1.29, 1.82) is 0 Å². The predicted octanol–water partition coefficient (Wildman–Crippen LogP) is 5.62. The highest BCUT2D eigenvalue weighted by Crippen LogP contribution is 2.35. The molecule has 4 aromatic carbocycles. The second-order valence-electron chi connectivity index (χ2n) is 6.13. The summed E-state index contributed by atoms with van der Waals surface area (Å²) in [6, 6.07) is 38.0. The molecule has 2 heteroatoms. The summed E-state index contributed by atoms with van der Waals surface area (Å²) in [5.41, 5.74) is 5.86.